The molecule has 0 aliphatic carbocycles. The van der Waals surface area contributed by atoms with Crippen molar-refractivity contribution in [3.05, 3.63) is 20.8 Å². The predicted octanol–water partition coefficient (Wildman–Crippen LogP) is 2.14. The number of hydrogen-bond acceptors (Lipinski definition) is 4. The van der Waals surface area contributed by atoms with Gasteiger partial charge in [-0.2, -0.15) is 0 Å². The summed E-state index contributed by atoms with van der Waals surface area (Å²) in [5.74, 6) is -0.213. The van der Waals surface area contributed by atoms with E-state index in [1.54, 1.807) is 23.3 Å². The van der Waals surface area contributed by atoms with Crippen LogP contribution in [-0.4, -0.2) is 49.9 Å². The minimum atomic E-state index is -3.22. The van der Waals surface area contributed by atoms with Gasteiger partial charge in [0.25, 0.3) is 0 Å². The molecule has 0 radical (unpaired) electrons. The summed E-state index contributed by atoms with van der Waals surface area (Å²) in [6, 6.07) is 3.95. The van der Waals surface area contributed by atoms with Gasteiger partial charge in [0.2, 0.25) is 15.9 Å². The van der Waals surface area contributed by atoms with Crippen molar-refractivity contribution < 1.29 is 13.2 Å². The predicted molar refractivity (Wildman–Crippen MR) is 87.6 cm³/mol. The molecule has 0 spiro atoms. The first-order chi connectivity index (χ1) is 9.77. The van der Waals surface area contributed by atoms with Crippen molar-refractivity contribution in [1.82, 2.24) is 9.21 Å². The van der Waals surface area contributed by atoms with Gasteiger partial charge in [-0.25, -0.2) is 12.7 Å². The van der Waals surface area contributed by atoms with E-state index in [0.29, 0.717) is 19.6 Å². The molecule has 1 amide bonds. The van der Waals surface area contributed by atoms with E-state index in [0.717, 1.165) is 21.5 Å². The number of carbonyl (C=O) groups excluding carboxylic acids is 1. The smallest absolute Gasteiger partial charge is 0.227 e. The summed E-state index contributed by atoms with van der Waals surface area (Å²) in [7, 11) is -1.44. The van der Waals surface area contributed by atoms with Gasteiger partial charge < -0.3 is 4.90 Å². The van der Waals surface area contributed by atoms with E-state index < -0.39 is 10.0 Å². The maximum Gasteiger partial charge on any atom is 0.227 e. The number of sulfonamides is 1. The highest BCUT2D eigenvalue weighted by Gasteiger charge is 2.31. The second kappa shape index (κ2) is 6.76. The molecular formula is C13H19BrN2O3S2. The summed E-state index contributed by atoms with van der Waals surface area (Å²) < 4.78 is 25.7. The van der Waals surface area contributed by atoms with Crippen molar-refractivity contribution in [1.29, 1.82) is 0 Å². The fourth-order valence-corrected chi connectivity index (χ4v) is 4.95. The number of halogens is 1. The highest BCUT2D eigenvalue weighted by Crippen LogP contribution is 2.25. The van der Waals surface area contributed by atoms with Crippen molar-refractivity contribution >= 4 is 43.2 Å². The third-order valence-electron chi connectivity index (χ3n) is 3.60. The third-order valence-corrected chi connectivity index (χ3v) is 6.48. The molecule has 5 nitrogen and oxygen atoms in total. The summed E-state index contributed by atoms with van der Waals surface area (Å²) in [5.41, 5.74) is 0. The minimum absolute atomic E-state index is 0.0212. The molecule has 118 valence electrons. The average Bonchev–Trinajstić information content (AvgIpc) is 2.82. The monoisotopic (exact) mass is 394 g/mol. The van der Waals surface area contributed by atoms with Gasteiger partial charge in [0, 0.05) is 25.0 Å². The fraction of sp³-hybridized carbons (Fsp3) is 0.615. The normalized spacial score (nSPS) is 20.4. The Morgan fingerprint density at radius 2 is 2.24 bits per heavy atom. The Bertz CT molecular complexity index is 615. The Hall–Kier alpha value is -0.440. The zero-order chi connectivity index (χ0) is 15.6. The lowest BCUT2D eigenvalue weighted by molar-refractivity contribution is -0.135. The number of amides is 1. The zero-order valence-electron chi connectivity index (χ0n) is 12.1. The second-order valence-electron chi connectivity index (χ2n) is 5.36. The first kappa shape index (κ1) is 16.9. The number of hydrogen-bond donors (Lipinski definition) is 0. The molecule has 21 heavy (non-hydrogen) atoms. The Labute approximate surface area is 138 Å². The summed E-state index contributed by atoms with van der Waals surface area (Å²) in [6.07, 6.45) is 2.69. The van der Waals surface area contributed by atoms with Crippen LogP contribution < -0.4 is 0 Å². The molecule has 1 aliphatic heterocycles. The largest absolute Gasteiger partial charge is 0.340 e. The molecule has 1 aromatic rings. The van der Waals surface area contributed by atoms with Gasteiger partial charge in [-0.1, -0.05) is 0 Å². The molecule has 1 unspecified atom stereocenters. The van der Waals surface area contributed by atoms with E-state index in [1.807, 2.05) is 12.1 Å². The van der Waals surface area contributed by atoms with Crippen LogP contribution in [0.4, 0.5) is 0 Å². The highest BCUT2D eigenvalue weighted by atomic mass is 79.9. The lowest BCUT2D eigenvalue weighted by atomic mass is 9.98. The third kappa shape index (κ3) is 4.51. The van der Waals surface area contributed by atoms with Gasteiger partial charge in [-0.05, 0) is 40.9 Å². The van der Waals surface area contributed by atoms with Gasteiger partial charge in [-0.3, -0.25) is 4.79 Å². The van der Waals surface area contributed by atoms with Crippen LogP contribution in [0.1, 0.15) is 17.7 Å². The molecule has 0 saturated carbocycles. The lowest BCUT2D eigenvalue weighted by Gasteiger charge is -2.32. The van der Waals surface area contributed by atoms with Crippen molar-refractivity contribution in [2.24, 2.45) is 5.92 Å². The van der Waals surface area contributed by atoms with Crippen LogP contribution in [0.25, 0.3) is 0 Å². The Kier molecular flexibility index (Phi) is 5.45. The van der Waals surface area contributed by atoms with Crippen molar-refractivity contribution in [2.75, 3.05) is 26.4 Å². The number of rotatable bonds is 4. The molecule has 1 aliphatic rings. The molecule has 2 heterocycles. The van der Waals surface area contributed by atoms with Crippen LogP contribution in [0.2, 0.25) is 0 Å². The number of thiophene rings is 1. The molecule has 1 atom stereocenters. The summed E-state index contributed by atoms with van der Waals surface area (Å²) in [4.78, 5) is 15.3. The van der Waals surface area contributed by atoms with Crippen LogP contribution in [0.3, 0.4) is 0 Å². The molecule has 0 bridgehead atoms. The first-order valence-corrected chi connectivity index (χ1v) is 10.2. The maximum atomic E-state index is 12.5. The second-order valence-corrected chi connectivity index (χ2v) is 9.89. The number of carbonyl (C=O) groups is 1. The molecule has 1 aromatic heterocycles. The van der Waals surface area contributed by atoms with Gasteiger partial charge in [0.05, 0.1) is 22.5 Å². The van der Waals surface area contributed by atoms with Crippen LogP contribution in [0.5, 0.6) is 0 Å². The Morgan fingerprint density at radius 1 is 1.52 bits per heavy atom. The maximum absolute atomic E-state index is 12.5. The fourth-order valence-electron chi connectivity index (χ4n) is 2.51. The number of nitrogens with zero attached hydrogens (tertiary/aromatic N) is 2. The molecule has 0 N–H and O–H groups in total. The van der Waals surface area contributed by atoms with Gasteiger partial charge in [-0.15, -0.1) is 11.3 Å². The Balaban J connectivity index is 1.98. The molecule has 1 saturated heterocycles. The summed E-state index contributed by atoms with van der Waals surface area (Å²) in [5, 5.41) is 0. The Morgan fingerprint density at radius 3 is 2.81 bits per heavy atom. The molecule has 2 rings (SSSR count). The van der Waals surface area contributed by atoms with Crippen LogP contribution >= 0.6 is 27.3 Å². The lowest BCUT2D eigenvalue weighted by Crippen LogP contribution is -2.45. The quantitative estimate of drug-likeness (QED) is 0.785. The molecule has 8 heteroatoms. The van der Waals surface area contributed by atoms with E-state index >= 15 is 0 Å². The van der Waals surface area contributed by atoms with E-state index in [9.17, 15) is 13.2 Å². The van der Waals surface area contributed by atoms with Crippen LogP contribution in [-0.2, 0) is 21.4 Å². The van der Waals surface area contributed by atoms with Crippen molar-refractivity contribution in [3.8, 4) is 0 Å². The van der Waals surface area contributed by atoms with Crippen LogP contribution in [0.15, 0.2) is 15.9 Å². The summed E-state index contributed by atoms with van der Waals surface area (Å²) in [6.45, 7) is 1.38. The summed E-state index contributed by atoms with van der Waals surface area (Å²) >= 11 is 5.01. The molecule has 0 aromatic carbocycles. The first-order valence-electron chi connectivity index (χ1n) is 6.71. The van der Waals surface area contributed by atoms with Crippen molar-refractivity contribution in [2.45, 2.75) is 19.4 Å². The van der Waals surface area contributed by atoms with E-state index in [-0.39, 0.29) is 11.8 Å². The molecule has 1 fully saturated rings. The average molecular weight is 395 g/mol. The standard InChI is InChI=1S/C13H19BrN2O3S2/c1-15(9-11-5-6-12(14)20-11)13(17)10-4-3-7-16(8-10)21(2,18)19/h5-6,10H,3-4,7-9H2,1-2H3. The van der Waals surface area contributed by atoms with Crippen LogP contribution in [0, 0.1) is 5.92 Å². The van der Waals surface area contributed by atoms with E-state index in [2.05, 4.69) is 15.9 Å². The SMILES string of the molecule is CN(Cc1ccc(Br)s1)C(=O)C1CCCN(S(C)(=O)=O)C1. The van der Waals surface area contributed by atoms with Gasteiger partial charge in [0.1, 0.15) is 0 Å². The van der Waals surface area contributed by atoms with Gasteiger partial charge >= 0.3 is 0 Å². The number of piperidine rings is 1. The van der Waals surface area contributed by atoms with Gasteiger partial charge in [0.15, 0.2) is 0 Å². The minimum Gasteiger partial charge on any atom is -0.340 e. The highest BCUT2D eigenvalue weighted by molar-refractivity contribution is 9.11. The topological polar surface area (TPSA) is 57.7 Å². The van der Waals surface area contributed by atoms with Crippen molar-refractivity contribution in [3.63, 3.8) is 0 Å². The molecular weight excluding hydrogens is 376 g/mol. The van der Waals surface area contributed by atoms with E-state index in [1.165, 1.54) is 10.6 Å². The zero-order valence-corrected chi connectivity index (χ0v) is 15.3. The van der Waals surface area contributed by atoms with E-state index in [4.69, 9.17) is 0 Å².